The molecule has 0 aliphatic carbocycles. The lowest BCUT2D eigenvalue weighted by molar-refractivity contribution is -0.118. The molecule has 24 heavy (non-hydrogen) atoms. The Labute approximate surface area is 145 Å². The van der Waals surface area contributed by atoms with E-state index in [0.29, 0.717) is 31.8 Å². The second-order valence-corrected chi connectivity index (χ2v) is 8.89. The molecule has 0 aromatic heterocycles. The van der Waals surface area contributed by atoms with Crippen LogP contribution in [-0.4, -0.2) is 78.0 Å². The molecule has 3 aliphatic rings. The first-order valence-corrected chi connectivity index (χ1v) is 9.27. The molecule has 0 aromatic rings. The number of fused-ring (bicyclic) bond motifs is 2. The van der Waals surface area contributed by atoms with Crippen molar-refractivity contribution in [3.05, 3.63) is 0 Å². The number of ether oxygens (including phenoxy) is 2. The second-order valence-electron chi connectivity index (χ2n) is 8.89. The van der Waals surface area contributed by atoms with Crippen molar-refractivity contribution in [2.75, 3.05) is 32.8 Å². The van der Waals surface area contributed by atoms with E-state index in [-0.39, 0.29) is 17.7 Å². The number of hydrogen-bond donors (Lipinski definition) is 1. The van der Waals surface area contributed by atoms with E-state index < -0.39 is 5.60 Å². The molecular weight excluding hydrogens is 306 g/mol. The van der Waals surface area contributed by atoms with Crippen molar-refractivity contribution in [1.82, 2.24) is 15.1 Å². The van der Waals surface area contributed by atoms with Gasteiger partial charge in [-0.1, -0.05) is 0 Å². The first-order valence-electron chi connectivity index (χ1n) is 9.27. The van der Waals surface area contributed by atoms with E-state index in [1.54, 1.807) is 0 Å². The van der Waals surface area contributed by atoms with Gasteiger partial charge in [-0.25, -0.2) is 4.79 Å². The molecule has 1 amide bonds. The van der Waals surface area contributed by atoms with Gasteiger partial charge in [0.25, 0.3) is 0 Å². The molecule has 0 radical (unpaired) electrons. The van der Waals surface area contributed by atoms with Crippen LogP contribution in [0.2, 0.25) is 0 Å². The molecule has 2 bridgehead atoms. The lowest BCUT2D eigenvalue weighted by Gasteiger charge is -2.51. The molecule has 3 fully saturated rings. The highest BCUT2D eigenvalue weighted by molar-refractivity contribution is 5.68. The molecular formula is C18H33N3O3. The van der Waals surface area contributed by atoms with Crippen LogP contribution in [0.1, 0.15) is 47.5 Å². The standard InChI is InChI=1S/C18H33N3O3/c1-17(2,3)24-16(22)20-8-9-23-15(12-20)18(4,5)21-13-6-7-14(21)11-19-10-13/h13-15,19H,6-12H2,1-5H3. The van der Waals surface area contributed by atoms with Gasteiger partial charge in [0.05, 0.1) is 19.3 Å². The highest BCUT2D eigenvalue weighted by Crippen LogP contribution is 2.37. The largest absolute Gasteiger partial charge is 0.444 e. The minimum Gasteiger partial charge on any atom is -0.444 e. The highest BCUT2D eigenvalue weighted by atomic mass is 16.6. The Kier molecular flexibility index (Phi) is 4.84. The van der Waals surface area contributed by atoms with Crippen LogP contribution in [0.25, 0.3) is 0 Å². The van der Waals surface area contributed by atoms with Gasteiger partial charge in [0, 0.05) is 37.3 Å². The Morgan fingerprint density at radius 1 is 1.12 bits per heavy atom. The lowest BCUT2D eigenvalue weighted by Crippen LogP contribution is -2.67. The average molecular weight is 339 g/mol. The van der Waals surface area contributed by atoms with Crippen molar-refractivity contribution < 1.29 is 14.3 Å². The third kappa shape index (κ3) is 3.55. The summed E-state index contributed by atoms with van der Waals surface area (Å²) in [5.41, 5.74) is -0.549. The number of carbonyl (C=O) groups excluding carboxylic acids is 1. The van der Waals surface area contributed by atoms with E-state index in [0.717, 1.165) is 13.1 Å². The van der Waals surface area contributed by atoms with Crippen molar-refractivity contribution >= 4 is 6.09 Å². The Hall–Kier alpha value is -0.850. The van der Waals surface area contributed by atoms with Crippen molar-refractivity contribution in [3.8, 4) is 0 Å². The van der Waals surface area contributed by atoms with Gasteiger partial charge in [-0.3, -0.25) is 4.90 Å². The summed E-state index contributed by atoms with van der Waals surface area (Å²) in [6.07, 6.45) is 2.29. The SMILES string of the molecule is CC(C)(C)OC(=O)N1CCOC(C(C)(C)N2C3CCC2CNC3)C1. The zero-order valence-electron chi connectivity index (χ0n) is 15.8. The normalized spacial score (nSPS) is 32.0. The average Bonchev–Trinajstić information content (AvgIpc) is 2.77. The van der Waals surface area contributed by atoms with Crippen LogP contribution >= 0.6 is 0 Å². The Morgan fingerprint density at radius 2 is 1.75 bits per heavy atom. The number of morpholine rings is 1. The number of rotatable bonds is 2. The summed E-state index contributed by atoms with van der Waals surface area (Å²) >= 11 is 0. The smallest absolute Gasteiger partial charge is 0.410 e. The van der Waals surface area contributed by atoms with Gasteiger partial charge >= 0.3 is 6.09 Å². The Bertz CT molecular complexity index is 459. The molecule has 138 valence electrons. The highest BCUT2D eigenvalue weighted by Gasteiger charge is 2.49. The minimum atomic E-state index is -0.460. The summed E-state index contributed by atoms with van der Waals surface area (Å²) in [5, 5.41) is 3.54. The van der Waals surface area contributed by atoms with Crippen molar-refractivity contribution in [2.24, 2.45) is 0 Å². The fourth-order valence-corrected chi connectivity index (χ4v) is 4.45. The molecule has 0 spiro atoms. The number of piperazine rings is 1. The summed E-state index contributed by atoms with van der Waals surface area (Å²) in [6.45, 7) is 14.2. The fourth-order valence-electron chi connectivity index (χ4n) is 4.45. The summed E-state index contributed by atoms with van der Waals surface area (Å²) in [7, 11) is 0. The van der Waals surface area contributed by atoms with Crippen LogP contribution < -0.4 is 5.32 Å². The van der Waals surface area contributed by atoms with Crippen LogP contribution in [-0.2, 0) is 9.47 Å². The third-order valence-electron chi connectivity index (χ3n) is 5.55. The molecule has 3 heterocycles. The van der Waals surface area contributed by atoms with Gasteiger partial charge in [0.2, 0.25) is 0 Å². The number of nitrogens with one attached hydrogen (secondary N) is 1. The second kappa shape index (κ2) is 6.46. The van der Waals surface area contributed by atoms with Gasteiger partial charge in [0.1, 0.15) is 5.60 Å². The molecule has 6 heteroatoms. The number of carbonyl (C=O) groups is 1. The van der Waals surface area contributed by atoms with Crippen LogP contribution in [0.5, 0.6) is 0 Å². The van der Waals surface area contributed by atoms with E-state index in [4.69, 9.17) is 9.47 Å². The molecule has 3 atom stereocenters. The zero-order valence-corrected chi connectivity index (χ0v) is 15.8. The summed E-state index contributed by atoms with van der Waals surface area (Å²) in [6, 6.07) is 1.17. The van der Waals surface area contributed by atoms with Crippen LogP contribution in [0, 0.1) is 0 Å². The van der Waals surface area contributed by atoms with E-state index in [1.165, 1.54) is 12.8 Å². The maximum Gasteiger partial charge on any atom is 0.410 e. The fraction of sp³-hybridized carbons (Fsp3) is 0.944. The molecule has 3 rings (SSSR count). The van der Waals surface area contributed by atoms with Gasteiger partial charge < -0.3 is 19.7 Å². The molecule has 0 saturated carbocycles. The quantitative estimate of drug-likeness (QED) is 0.832. The predicted octanol–water partition coefficient (Wildman–Crippen LogP) is 1.84. The zero-order chi connectivity index (χ0) is 17.5. The first-order chi connectivity index (χ1) is 11.2. The van der Waals surface area contributed by atoms with Crippen LogP contribution in [0.3, 0.4) is 0 Å². The number of hydrogen-bond acceptors (Lipinski definition) is 5. The number of amides is 1. The summed E-state index contributed by atoms with van der Waals surface area (Å²) in [4.78, 5) is 16.9. The van der Waals surface area contributed by atoms with Crippen LogP contribution in [0.4, 0.5) is 4.79 Å². The topological polar surface area (TPSA) is 54.0 Å². The molecule has 3 unspecified atom stereocenters. The molecule has 1 N–H and O–H groups in total. The maximum absolute atomic E-state index is 12.4. The van der Waals surface area contributed by atoms with E-state index in [9.17, 15) is 4.79 Å². The summed E-state index contributed by atoms with van der Waals surface area (Å²) < 4.78 is 11.7. The van der Waals surface area contributed by atoms with Gasteiger partial charge in [-0.2, -0.15) is 0 Å². The van der Waals surface area contributed by atoms with Crippen molar-refractivity contribution in [3.63, 3.8) is 0 Å². The van der Waals surface area contributed by atoms with E-state index in [1.807, 2.05) is 25.7 Å². The molecule has 6 nitrogen and oxygen atoms in total. The number of nitrogens with zero attached hydrogens (tertiary/aromatic N) is 2. The Balaban J connectivity index is 1.68. The third-order valence-corrected chi connectivity index (χ3v) is 5.55. The minimum absolute atomic E-state index is 0.0139. The summed E-state index contributed by atoms with van der Waals surface area (Å²) in [5.74, 6) is 0. The molecule has 0 aromatic carbocycles. The Morgan fingerprint density at radius 3 is 2.33 bits per heavy atom. The first kappa shape index (κ1) is 18.0. The van der Waals surface area contributed by atoms with Crippen molar-refractivity contribution in [2.45, 2.75) is 76.8 Å². The molecule has 3 saturated heterocycles. The van der Waals surface area contributed by atoms with E-state index >= 15 is 0 Å². The van der Waals surface area contributed by atoms with Crippen molar-refractivity contribution in [1.29, 1.82) is 0 Å². The lowest BCUT2D eigenvalue weighted by atomic mass is 9.90. The van der Waals surface area contributed by atoms with E-state index in [2.05, 4.69) is 24.1 Å². The van der Waals surface area contributed by atoms with Gasteiger partial charge in [-0.05, 0) is 47.5 Å². The van der Waals surface area contributed by atoms with Crippen LogP contribution in [0.15, 0.2) is 0 Å². The maximum atomic E-state index is 12.4. The molecule has 3 aliphatic heterocycles. The monoisotopic (exact) mass is 339 g/mol. The van der Waals surface area contributed by atoms with Gasteiger partial charge in [0.15, 0.2) is 0 Å². The predicted molar refractivity (Wildman–Crippen MR) is 93.1 cm³/mol. The van der Waals surface area contributed by atoms with Gasteiger partial charge in [-0.15, -0.1) is 0 Å².